The van der Waals surface area contributed by atoms with Crippen molar-refractivity contribution in [2.75, 3.05) is 36.0 Å². The maximum atomic E-state index is 13.4. The van der Waals surface area contributed by atoms with Crippen LogP contribution in [0, 0.1) is 5.82 Å². The Bertz CT molecular complexity index is 1700. The molecule has 1 fully saturated rings. The summed E-state index contributed by atoms with van der Waals surface area (Å²) >= 11 is 0. The van der Waals surface area contributed by atoms with Crippen molar-refractivity contribution in [3.05, 3.63) is 72.2 Å². The lowest BCUT2D eigenvalue weighted by Gasteiger charge is -2.36. The first kappa shape index (κ1) is 31.2. The third kappa shape index (κ3) is 6.62. The molecule has 1 aliphatic rings. The zero-order valence-electron chi connectivity index (χ0n) is 25.8. The summed E-state index contributed by atoms with van der Waals surface area (Å²) in [6.45, 7) is 12.5. The van der Waals surface area contributed by atoms with Crippen molar-refractivity contribution in [3.63, 3.8) is 0 Å². The number of aromatic nitrogens is 7. The van der Waals surface area contributed by atoms with E-state index in [1.807, 2.05) is 37.7 Å². The molecule has 6 rings (SSSR count). The third-order valence-corrected chi connectivity index (χ3v) is 7.56. The van der Waals surface area contributed by atoms with Gasteiger partial charge in [0.1, 0.15) is 33.4 Å². The highest BCUT2D eigenvalue weighted by Gasteiger charge is 2.24. The molecule has 13 heteroatoms. The van der Waals surface area contributed by atoms with E-state index < -0.39 is 5.60 Å². The van der Waals surface area contributed by atoms with E-state index in [-0.39, 0.29) is 11.7 Å². The number of fused-ring (bicyclic) bond motifs is 1. The molecule has 5 heterocycles. The maximum Gasteiger partial charge on any atom is 0.224 e. The summed E-state index contributed by atoms with van der Waals surface area (Å²) in [7, 11) is 12.8. The Morgan fingerprint density at radius 3 is 2.20 bits per heavy atom. The monoisotopic (exact) mass is 591 g/mol. The molecule has 1 N–H and O–H groups in total. The summed E-state index contributed by atoms with van der Waals surface area (Å²) in [6.07, 6.45) is 7.22. The van der Waals surface area contributed by atoms with Crippen molar-refractivity contribution < 1.29 is 9.50 Å². The predicted molar refractivity (Wildman–Crippen MR) is 173 cm³/mol. The van der Waals surface area contributed by atoms with Crippen molar-refractivity contribution in [1.29, 1.82) is 0 Å². The van der Waals surface area contributed by atoms with Crippen LogP contribution in [0.4, 0.5) is 16.2 Å². The average Bonchev–Trinajstić information content (AvgIpc) is 3.64. The molecule has 1 atom stereocenters. The van der Waals surface area contributed by atoms with Crippen molar-refractivity contribution in [2.45, 2.75) is 52.7 Å². The molecule has 1 aromatic carbocycles. The van der Waals surface area contributed by atoms with Crippen molar-refractivity contribution in [2.24, 2.45) is 0 Å². The van der Waals surface area contributed by atoms with E-state index in [4.69, 9.17) is 15.7 Å². The first-order valence-electron chi connectivity index (χ1n) is 14.8. The highest BCUT2D eigenvalue weighted by atomic mass is 19.1. The van der Waals surface area contributed by atoms with Gasteiger partial charge in [-0.05, 0) is 54.4 Å². The lowest BCUT2D eigenvalue weighted by molar-refractivity contribution is 0.0577. The average molecular weight is 591 g/mol. The van der Waals surface area contributed by atoms with Crippen LogP contribution in [-0.4, -0.2) is 86.9 Å². The van der Waals surface area contributed by atoms with E-state index in [0.29, 0.717) is 55.4 Å². The van der Waals surface area contributed by atoms with Crippen LogP contribution in [0.5, 0.6) is 0 Å². The Morgan fingerprint density at radius 2 is 1.57 bits per heavy atom. The number of hydrogen-bond acceptors (Lipinski definition) is 8. The van der Waals surface area contributed by atoms with Gasteiger partial charge >= 0.3 is 0 Å². The van der Waals surface area contributed by atoms with Gasteiger partial charge in [0, 0.05) is 55.6 Å². The molecule has 10 nitrogen and oxygen atoms in total. The smallest absolute Gasteiger partial charge is 0.224 e. The maximum absolute atomic E-state index is 13.4. The van der Waals surface area contributed by atoms with Gasteiger partial charge < -0.3 is 14.9 Å². The lowest BCUT2D eigenvalue weighted by Crippen LogP contribution is -2.48. The van der Waals surface area contributed by atoms with Crippen LogP contribution in [0.2, 0.25) is 0 Å². The van der Waals surface area contributed by atoms with Gasteiger partial charge in [0.05, 0.1) is 18.3 Å². The zero-order valence-corrected chi connectivity index (χ0v) is 25.8. The second-order valence-corrected chi connectivity index (χ2v) is 11.3. The van der Waals surface area contributed by atoms with Gasteiger partial charge in [0.15, 0.2) is 5.82 Å². The van der Waals surface area contributed by atoms with Crippen LogP contribution >= 0.6 is 0 Å². The first-order chi connectivity index (χ1) is 21.1. The highest BCUT2D eigenvalue weighted by Crippen LogP contribution is 2.28. The largest absolute Gasteiger partial charge is 0.389 e. The van der Waals surface area contributed by atoms with E-state index in [1.54, 1.807) is 43.2 Å². The van der Waals surface area contributed by atoms with Crippen LogP contribution in [-0.2, 0) is 6.54 Å². The third-order valence-electron chi connectivity index (χ3n) is 7.56. The Morgan fingerprint density at radius 1 is 0.932 bits per heavy atom. The summed E-state index contributed by atoms with van der Waals surface area (Å²) in [5, 5.41) is 18.9. The highest BCUT2D eigenvalue weighted by molar-refractivity contribution is 6.38. The quantitative estimate of drug-likeness (QED) is 0.288. The number of halogens is 1. The van der Waals surface area contributed by atoms with Crippen LogP contribution in [0.15, 0.2) is 55.2 Å². The Hall–Kier alpha value is -4.25. The molecule has 0 amide bonds. The second-order valence-electron chi connectivity index (χ2n) is 11.3. The normalized spacial score (nSPS) is 14.4. The number of nitrogens with zero attached hydrogens (tertiary/aromatic N) is 9. The zero-order chi connectivity index (χ0) is 31.6. The number of anilines is 2. The van der Waals surface area contributed by atoms with E-state index in [9.17, 15) is 9.50 Å². The van der Waals surface area contributed by atoms with E-state index >= 15 is 0 Å². The van der Waals surface area contributed by atoms with Gasteiger partial charge in [0.2, 0.25) is 5.95 Å². The van der Waals surface area contributed by atoms with Gasteiger partial charge in [0.25, 0.3) is 0 Å². The topological polar surface area (TPSA) is 100 Å². The second kappa shape index (κ2) is 12.8. The molecule has 0 aliphatic carbocycles. The molecule has 1 aliphatic heterocycles. The molecule has 44 heavy (non-hydrogen) atoms. The molecule has 224 valence electrons. The first-order valence-corrected chi connectivity index (χ1v) is 14.8. The van der Waals surface area contributed by atoms with Crippen LogP contribution in [0.1, 0.15) is 51.7 Å². The van der Waals surface area contributed by atoms with Crippen LogP contribution < -0.4 is 21.0 Å². The van der Waals surface area contributed by atoms with E-state index in [2.05, 4.69) is 41.0 Å². The molecule has 0 spiro atoms. The predicted octanol–water partition coefficient (Wildman–Crippen LogP) is 2.38. The van der Waals surface area contributed by atoms with E-state index in [0.717, 1.165) is 28.0 Å². The summed E-state index contributed by atoms with van der Waals surface area (Å²) in [6, 6.07) is 8.32. The van der Waals surface area contributed by atoms with Crippen LogP contribution in [0.25, 0.3) is 16.6 Å². The minimum Gasteiger partial charge on any atom is -0.389 e. The fourth-order valence-corrected chi connectivity index (χ4v) is 5.43. The minimum absolute atomic E-state index is 0.181. The van der Waals surface area contributed by atoms with Gasteiger partial charge in [-0.25, -0.2) is 23.9 Å². The number of aliphatic hydroxyl groups is 1. The molecule has 4 aromatic heterocycles. The van der Waals surface area contributed by atoms with Crippen LogP contribution in [0.3, 0.4) is 0 Å². The molecule has 1 saturated heterocycles. The number of piperazine rings is 1. The van der Waals surface area contributed by atoms with E-state index in [1.165, 1.54) is 12.1 Å². The van der Waals surface area contributed by atoms with Crippen molar-refractivity contribution in [3.8, 4) is 11.1 Å². The molecule has 4 radical (unpaired) electrons. The van der Waals surface area contributed by atoms with Crippen molar-refractivity contribution in [1.82, 2.24) is 34.3 Å². The fraction of sp³-hybridized carbons (Fsp3) is 0.387. The summed E-state index contributed by atoms with van der Waals surface area (Å²) in [5.41, 5.74) is 4.09. The summed E-state index contributed by atoms with van der Waals surface area (Å²) < 4.78 is 17.0. The molecule has 0 bridgehead atoms. The number of benzene rings is 1. The van der Waals surface area contributed by atoms with Gasteiger partial charge in [-0.1, -0.05) is 32.9 Å². The number of hydrogen-bond donors (Lipinski definition) is 1. The lowest BCUT2D eigenvalue weighted by atomic mass is 9.80. The van der Waals surface area contributed by atoms with Gasteiger partial charge in [-0.2, -0.15) is 10.2 Å². The molecular formula is C31H36B2FN9O. The van der Waals surface area contributed by atoms with Gasteiger partial charge in [-0.3, -0.25) is 4.68 Å². The minimum atomic E-state index is -0.859. The Kier molecular flexibility index (Phi) is 9.05. The molecular weight excluding hydrogens is 555 g/mol. The molecule has 1 unspecified atom stereocenters. The standard InChI is InChI=1S/C29H30B2FN9O.C2H6/c1-18(19-4-6-22(32)7-5-19)24-25(30)36-28(37-26(24)31)39-10-8-38(9-11-39)27-23-12-20(15-41(23)35-17-33-27)21-13-34-40(14-21)16-29(2,3)42;1-2/h4-7,12-15,17-18,42H,8-11,16H2,1-3H3;1-2H3. The molecule has 0 saturated carbocycles. The van der Waals surface area contributed by atoms with Crippen molar-refractivity contribution >= 4 is 44.2 Å². The fourth-order valence-electron chi connectivity index (χ4n) is 5.43. The summed E-state index contributed by atoms with van der Waals surface area (Å²) in [5.74, 6) is 0.844. The Balaban J connectivity index is 0.00000188. The SMILES string of the molecule is CC.[B]c1nc(N2CCN(c3ncnn4cc(-c5cnn(CC(C)(C)O)c5)cc34)CC2)nc([B])c1C(C)c1ccc(F)cc1. The summed E-state index contributed by atoms with van der Waals surface area (Å²) in [4.78, 5) is 18.1. The Labute approximate surface area is 259 Å². The number of rotatable bonds is 7. The van der Waals surface area contributed by atoms with Gasteiger partial charge in [-0.15, -0.1) is 0 Å². The molecule has 5 aromatic rings.